The number of hydrogen-bond acceptors (Lipinski definition) is 8. The smallest absolute Gasteiger partial charge is 0.303 e. The summed E-state index contributed by atoms with van der Waals surface area (Å²) in [7, 11) is -5.84. The summed E-state index contributed by atoms with van der Waals surface area (Å²) < 4.78 is 114. The Kier molecular flexibility index (Phi) is 14.1. The van der Waals surface area contributed by atoms with Crippen LogP contribution in [0.1, 0.15) is 117 Å². The summed E-state index contributed by atoms with van der Waals surface area (Å²) in [6.07, 6.45) is 1.73. The Hall–Kier alpha value is -4.14. The average Bonchev–Trinajstić information content (AvgIpc) is 3.77. The molecule has 4 heterocycles. The molecular weight excluding hydrogens is 915 g/mol. The number of nitrogens with zero attached hydrogens (tertiary/aromatic N) is 6. The summed E-state index contributed by atoms with van der Waals surface area (Å²) in [6.45, 7) is 14.4. The van der Waals surface area contributed by atoms with Crippen LogP contribution in [-0.2, 0) is 53.6 Å². The lowest BCUT2D eigenvalue weighted by atomic mass is 9.86. The van der Waals surface area contributed by atoms with Crippen molar-refractivity contribution in [1.82, 2.24) is 33.0 Å². The summed E-state index contributed by atoms with van der Waals surface area (Å²) in [5.74, 6) is -4.43. The van der Waals surface area contributed by atoms with Crippen molar-refractivity contribution < 1.29 is 49.1 Å². The predicted molar refractivity (Wildman–Crippen MR) is 246 cm³/mol. The van der Waals surface area contributed by atoms with Gasteiger partial charge >= 0.3 is 5.97 Å². The van der Waals surface area contributed by atoms with Crippen LogP contribution in [0.2, 0.25) is 0 Å². The van der Waals surface area contributed by atoms with Gasteiger partial charge in [0.1, 0.15) is 11.6 Å². The van der Waals surface area contributed by atoms with Crippen molar-refractivity contribution >= 4 is 54.0 Å². The molecule has 0 bridgehead atoms. The van der Waals surface area contributed by atoms with E-state index < -0.39 is 37.9 Å². The molecule has 4 fully saturated rings. The number of benzene rings is 2. The standard InChI is InChI=1S/C24H34F2N4O3S.C23H31F2N3O4S/c1-23(2,3)22-28-19-12-18(34(32,33)29-13-17(14-29)11-21(31)27-4)5-6-20(19)30(22)15-16-7-9-24(25,26)10-8-16;1-22(2,3)21-26-18-11-17(33(31,32)27-12-16(13-27)10-20(29)30)4-5-19(18)28(21)14-15-6-8-23(24,25)9-7-15/h5-6,12,16-17H,7-11,13-15H2,1-4H3,(H,27,31);4-5,11,15-16H,6-10,12-14H2,1-3H3,(H,29,30). The van der Waals surface area contributed by atoms with Gasteiger partial charge in [0.2, 0.25) is 37.8 Å². The first-order chi connectivity index (χ1) is 31.1. The van der Waals surface area contributed by atoms with Gasteiger partial charge in [-0.15, -0.1) is 0 Å². The highest BCUT2D eigenvalue weighted by Gasteiger charge is 2.41. The van der Waals surface area contributed by atoms with Gasteiger partial charge in [0.05, 0.1) is 38.3 Å². The predicted octanol–water partition coefficient (Wildman–Crippen LogP) is 8.17. The third-order valence-electron chi connectivity index (χ3n) is 13.7. The third-order valence-corrected chi connectivity index (χ3v) is 17.3. The largest absolute Gasteiger partial charge is 0.481 e. The van der Waals surface area contributed by atoms with Gasteiger partial charge in [0.25, 0.3) is 0 Å². The zero-order valence-electron chi connectivity index (χ0n) is 39.5. The number of nitrogens with one attached hydrogen (secondary N) is 1. The highest BCUT2D eigenvalue weighted by molar-refractivity contribution is 7.89. The number of imidazole rings is 2. The number of carbonyl (C=O) groups is 2. The number of sulfonamides is 2. The number of halogens is 4. The molecule has 8 rings (SSSR count). The van der Waals surface area contributed by atoms with E-state index in [9.17, 15) is 44.0 Å². The lowest BCUT2D eigenvalue weighted by Crippen LogP contribution is -2.51. The lowest BCUT2D eigenvalue weighted by molar-refractivity contribution is -0.139. The third kappa shape index (κ3) is 11.3. The average molecular weight is 980 g/mol. The molecule has 0 unspecified atom stereocenters. The minimum atomic E-state index is -3.73. The van der Waals surface area contributed by atoms with Crippen LogP contribution in [0.3, 0.4) is 0 Å². The van der Waals surface area contributed by atoms with E-state index in [1.807, 2.05) is 41.5 Å². The molecule has 0 spiro atoms. The van der Waals surface area contributed by atoms with E-state index in [4.69, 9.17) is 15.1 Å². The number of alkyl halides is 4. The van der Waals surface area contributed by atoms with Crippen molar-refractivity contribution in [1.29, 1.82) is 0 Å². The van der Waals surface area contributed by atoms with Crippen LogP contribution in [-0.4, -0.2) is 107 Å². The topological polar surface area (TPSA) is 177 Å². The zero-order valence-corrected chi connectivity index (χ0v) is 41.1. The molecule has 1 amide bonds. The highest BCUT2D eigenvalue weighted by atomic mass is 32.2. The fourth-order valence-electron chi connectivity index (χ4n) is 9.74. The molecule has 67 heavy (non-hydrogen) atoms. The number of aliphatic carboxylic acids is 1. The van der Waals surface area contributed by atoms with E-state index in [1.165, 1.54) is 8.61 Å². The quantitative estimate of drug-likeness (QED) is 0.133. The van der Waals surface area contributed by atoms with Crippen LogP contribution >= 0.6 is 0 Å². The van der Waals surface area contributed by atoms with Gasteiger partial charge in [-0.2, -0.15) is 8.61 Å². The van der Waals surface area contributed by atoms with Crippen LogP contribution in [0.5, 0.6) is 0 Å². The number of aromatic nitrogens is 4. The first-order valence-electron chi connectivity index (χ1n) is 23.3. The van der Waals surface area contributed by atoms with Crippen molar-refractivity contribution in [2.24, 2.45) is 23.7 Å². The van der Waals surface area contributed by atoms with Crippen molar-refractivity contribution in [3.63, 3.8) is 0 Å². The molecule has 20 heteroatoms. The normalized spacial score (nSPS) is 20.6. The van der Waals surface area contributed by atoms with Crippen LogP contribution in [0.15, 0.2) is 46.2 Å². The Bertz CT molecular complexity index is 2700. The summed E-state index contributed by atoms with van der Waals surface area (Å²) >= 11 is 0. The highest BCUT2D eigenvalue weighted by Crippen LogP contribution is 2.41. The van der Waals surface area contributed by atoms with Crippen LogP contribution < -0.4 is 5.32 Å². The van der Waals surface area contributed by atoms with E-state index in [0.717, 1.165) is 22.7 Å². The Balaban J connectivity index is 0.000000199. The minimum Gasteiger partial charge on any atom is -0.481 e. The van der Waals surface area contributed by atoms with Gasteiger partial charge in [-0.05, 0) is 85.8 Å². The molecule has 2 saturated carbocycles. The van der Waals surface area contributed by atoms with Crippen molar-refractivity contribution in [2.75, 3.05) is 33.2 Å². The summed E-state index contributed by atoms with van der Waals surface area (Å²) in [5.41, 5.74) is 2.17. The van der Waals surface area contributed by atoms with Crippen LogP contribution in [0.4, 0.5) is 17.6 Å². The molecular formula is C47H65F4N7O7S2. The maximum atomic E-state index is 13.6. The Morgan fingerprint density at radius 2 is 1.00 bits per heavy atom. The summed E-state index contributed by atoms with van der Waals surface area (Å²) in [5, 5.41) is 11.5. The zero-order chi connectivity index (χ0) is 49.1. The molecule has 2 saturated heterocycles. The first-order valence-corrected chi connectivity index (χ1v) is 26.1. The van der Waals surface area contributed by atoms with E-state index in [1.54, 1.807) is 43.4 Å². The maximum absolute atomic E-state index is 13.6. The number of carboxylic acid groups (broad SMARTS) is 1. The van der Waals surface area contributed by atoms with Gasteiger partial charge in [0, 0.05) is 89.3 Å². The summed E-state index contributed by atoms with van der Waals surface area (Å²) in [4.78, 5) is 32.3. The molecule has 0 radical (unpaired) electrons. The fraction of sp³-hybridized carbons (Fsp3) is 0.660. The molecule has 4 aromatic rings. The lowest BCUT2D eigenvalue weighted by Gasteiger charge is -2.37. The molecule has 2 N–H and O–H groups in total. The second-order valence-electron chi connectivity index (χ2n) is 21.3. The number of rotatable bonds is 12. The van der Waals surface area contributed by atoms with Gasteiger partial charge in [0.15, 0.2) is 0 Å². The molecule has 0 atom stereocenters. The molecule has 14 nitrogen and oxygen atoms in total. The number of amides is 1. The monoisotopic (exact) mass is 979 g/mol. The van der Waals surface area contributed by atoms with E-state index in [-0.39, 0.29) is 95.4 Å². The van der Waals surface area contributed by atoms with Gasteiger partial charge in [-0.3, -0.25) is 9.59 Å². The van der Waals surface area contributed by atoms with Crippen molar-refractivity contribution in [3.8, 4) is 0 Å². The number of carboxylic acids is 1. The van der Waals surface area contributed by atoms with Crippen molar-refractivity contribution in [3.05, 3.63) is 48.0 Å². The van der Waals surface area contributed by atoms with Crippen LogP contribution in [0, 0.1) is 23.7 Å². The number of hydrogen-bond donors (Lipinski definition) is 2. The minimum absolute atomic E-state index is 0.0213. The van der Waals surface area contributed by atoms with Gasteiger partial charge in [-0.1, -0.05) is 41.5 Å². The summed E-state index contributed by atoms with van der Waals surface area (Å²) in [6, 6.07) is 9.86. The van der Waals surface area contributed by atoms with E-state index in [2.05, 4.69) is 14.5 Å². The van der Waals surface area contributed by atoms with Crippen LogP contribution in [0.25, 0.3) is 22.1 Å². The SMILES string of the molecule is CC(C)(C)c1nc2cc(S(=O)(=O)N3CC(CC(=O)O)C3)ccc2n1CC1CCC(F)(F)CC1.CNC(=O)CC1CN(S(=O)(=O)c2ccc3c(c2)nc(C(C)(C)C)n3CC2CCC(F)(F)CC2)C1. The Morgan fingerprint density at radius 3 is 1.33 bits per heavy atom. The maximum Gasteiger partial charge on any atom is 0.303 e. The second-order valence-corrected chi connectivity index (χ2v) is 25.2. The second kappa shape index (κ2) is 18.6. The molecule has 370 valence electrons. The van der Waals surface area contributed by atoms with Gasteiger partial charge in [-0.25, -0.2) is 44.4 Å². The van der Waals surface area contributed by atoms with Gasteiger partial charge < -0.3 is 19.6 Å². The van der Waals surface area contributed by atoms with Crippen molar-refractivity contribution in [2.45, 2.75) is 151 Å². The molecule has 2 aromatic carbocycles. The van der Waals surface area contributed by atoms with E-state index >= 15 is 0 Å². The molecule has 2 aliphatic heterocycles. The number of carbonyl (C=O) groups excluding carboxylic acids is 1. The van der Waals surface area contributed by atoms with E-state index in [0.29, 0.717) is 69.3 Å². The Labute approximate surface area is 391 Å². The Morgan fingerprint density at radius 1 is 0.642 bits per heavy atom. The molecule has 2 aliphatic carbocycles. The fourth-order valence-corrected chi connectivity index (χ4v) is 13.0. The number of fused-ring (bicyclic) bond motifs is 2. The molecule has 4 aliphatic rings. The molecule has 2 aromatic heterocycles. The first kappa shape index (κ1) is 50.7.